The van der Waals surface area contributed by atoms with Crippen molar-refractivity contribution in [3.05, 3.63) is 63.3 Å². The second-order valence-corrected chi connectivity index (χ2v) is 5.83. The zero-order valence-electron chi connectivity index (χ0n) is 8.79. The molecule has 0 amide bonds. The van der Waals surface area contributed by atoms with Crippen molar-refractivity contribution in [2.24, 2.45) is 0 Å². The van der Waals surface area contributed by atoms with E-state index in [1.54, 1.807) is 23.9 Å². The van der Waals surface area contributed by atoms with Crippen LogP contribution >= 0.6 is 39.3 Å². The lowest BCUT2D eigenvalue weighted by molar-refractivity contribution is 0.620. The van der Waals surface area contributed by atoms with Gasteiger partial charge in [-0.2, -0.15) is 0 Å². The lowest BCUT2D eigenvalue weighted by Gasteiger charge is -2.03. The fourth-order valence-corrected chi connectivity index (χ4v) is 2.72. The van der Waals surface area contributed by atoms with Gasteiger partial charge in [0, 0.05) is 15.7 Å². The summed E-state index contributed by atoms with van der Waals surface area (Å²) in [4.78, 5) is 1.15. The molecule has 4 heteroatoms. The average Bonchev–Trinajstić information content (AvgIpc) is 2.33. The van der Waals surface area contributed by atoms with Gasteiger partial charge in [0.25, 0.3) is 0 Å². The molecule has 0 radical (unpaired) electrons. The Morgan fingerprint density at radius 3 is 2.47 bits per heavy atom. The molecule has 0 atom stereocenters. The van der Waals surface area contributed by atoms with Crippen LogP contribution in [0.4, 0.5) is 4.39 Å². The summed E-state index contributed by atoms with van der Waals surface area (Å²) in [5.74, 6) is 0.575. The molecule has 2 aromatic rings. The molecule has 2 aromatic carbocycles. The number of halogens is 3. The Morgan fingerprint density at radius 1 is 1.12 bits per heavy atom. The van der Waals surface area contributed by atoms with Crippen LogP contribution in [0.25, 0.3) is 0 Å². The molecule has 2 rings (SSSR count). The molecule has 88 valence electrons. The second kappa shape index (κ2) is 5.89. The van der Waals surface area contributed by atoms with Crippen molar-refractivity contribution in [1.82, 2.24) is 0 Å². The van der Waals surface area contributed by atoms with Gasteiger partial charge in [-0.1, -0.05) is 17.7 Å². The Labute approximate surface area is 117 Å². The molecule has 0 nitrogen and oxygen atoms in total. The summed E-state index contributed by atoms with van der Waals surface area (Å²) in [6, 6.07) is 12.8. The Kier molecular flexibility index (Phi) is 4.48. The van der Waals surface area contributed by atoms with Crippen LogP contribution in [0.1, 0.15) is 5.56 Å². The first-order valence-corrected chi connectivity index (χ1v) is 7.13. The highest BCUT2D eigenvalue weighted by atomic mass is 79.9. The third-order valence-corrected chi connectivity index (χ3v) is 4.15. The van der Waals surface area contributed by atoms with Crippen LogP contribution in [-0.4, -0.2) is 0 Å². The molecule has 0 N–H and O–H groups in total. The predicted octanol–water partition coefficient (Wildman–Crippen LogP) is 5.53. The number of hydrogen-bond donors (Lipinski definition) is 0. The average molecular weight is 332 g/mol. The minimum Gasteiger partial charge on any atom is -0.206 e. The molecule has 17 heavy (non-hydrogen) atoms. The highest BCUT2D eigenvalue weighted by Crippen LogP contribution is 2.26. The number of hydrogen-bond acceptors (Lipinski definition) is 1. The fourth-order valence-electron chi connectivity index (χ4n) is 1.33. The molecule has 0 saturated carbocycles. The summed E-state index contributed by atoms with van der Waals surface area (Å²) >= 11 is 10.7. The van der Waals surface area contributed by atoms with Crippen molar-refractivity contribution >= 4 is 39.3 Å². The molecule has 0 spiro atoms. The van der Waals surface area contributed by atoms with Crippen LogP contribution in [0.15, 0.2) is 51.8 Å². The molecule has 0 aliphatic carbocycles. The maximum absolute atomic E-state index is 13.0. The lowest BCUT2D eigenvalue weighted by Crippen LogP contribution is -1.83. The smallest absolute Gasteiger partial charge is 0.137 e. The SMILES string of the molecule is Fc1ccc(CSc2ccc(Cl)cc2)cc1Br. The van der Waals surface area contributed by atoms with Crippen LogP contribution in [-0.2, 0) is 5.75 Å². The van der Waals surface area contributed by atoms with E-state index in [-0.39, 0.29) is 5.82 Å². The van der Waals surface area contributed by atoms with Gasteiger partial charge < -0.3 is 0 Å². The van der Waals surface area contributed by atoms with Crippen molar-refractivity contribution in [3.63, 3.8) is 0 Å². The van der Waals surface area contributed by atoms with Crippen LogP contribution in [0.5, 0.6) is 0 Å². The summed E-state index contributed by atoms with van der Waals surface area (Å²) < 4.78 is 13.5. The fraction of sp³-hybridized carbons (Fsp3) is 0.0769. The number of benzene rings is 2. The first kappa shape index (κ1) is 12.9. The Balaban J connectivity index is 2.02. The molecule has 0 heterocycles. The van der Waals surface area contributed by atoms with E-state index in [2.05, 4.69) is 15.9 Å². The topological polar surface area (TPSA) is 0 Å². The summed E-state index contributed by atoms with van der Waals surface area (Å²) in [5.41, 5.74) is 1.08. The summed E-state index contributed by atoms with van der Waals surface area (Å²) in [5, 5.41) is 0.735. The monoisotopic (exact) mass is 330 g/mol. The van der Waals surface area contributed by atoms with Crippen molar-refractivity contribution < 1.29 is 4.39 Å². The third kappa shape index (κ3) is 3.73. The van der Waals surface area contributed by atoms with Gasteiger partial charge >= 0.3 is 0 Å². The quantitative estimate of drug-likeness (QED) is 0.666. The molecule has 0 aliphatic heterocycles. The Morgan fingerprint density at radius 2 is 1.82 bits per heavy atom. The molecule has 0 unspecified atom stereocenters. The van der Waals surface area contributed by atoms with Gasteiger partial charge in [0.2, 0.25) is 0 Å². The van der Waals surface area contributed by atoms with Crippen LogP contribution in [0, 0.1) is 5.82 Å². The molecule has 0 fully saturated rings. The first-order valence-electron chi connectivity index (χ1n) is 4.97. The zero-order valence-corrected chi connectivity index (χ0v) is 11.9. The van der Waals surface area contributed by atoms with Gasteiger partial charge in [-0.15, -0.1) is 11.8 Å². The van der Waals surface area contributed by atoms with Crippen molar-refractivity contribution in [2.45, 2.75) is 10.6 Å². The maximum Gasteiger partial charge on any atom is 0.137 e. The summed E-state index contributed by atoms with van der Waals surface area (Å²) in [7, 11) is 0. The van der Waals surface area contributed by atoms with E-state index >= 15 is 0 Å². The number of thioether (sulfide) groups is 1. The maximum atomic E-state index is 13.0. The van der Waals surface area contributed by atoms with Gasteiger partial charge in [0.1, 0.15) is 5.82 Å². The molecule has 0 aromatic heterocycles. The van der Waals surface area contributed by atoms with Gasteiger partial charge in [0.05, 0.1) is 4.47 Å². The molecule has 0 saturated heterocycles. The first-order chi connectivity index (χ1) is 8.15. The van der Waals surface area contributed by atoms with Crippen LogP contribution in [0.2, 0.25) is 5.02 Å². The highest BCUT2D eigenvalue weighted by molar-refractivity contribution is 9.10. The van der Waals surface area contributed by atoms with Gasteiger partial charge in [-0.3, -0.25) is 0 Å². The van der Waals surface area contributed by atoms with Crippen LogP contribution in [0.3, 0.4) is 0 Å². The van der Waals surface area contributed by atoms with E-state index in [0.29, 0.717) is 4.47 Å². The lowest BCUT2D eigenvalue weighted by atomic mass is 10.2. The third-order valence-electron chi connectivity index (χ3n) is 2.20. The van der Waals surface area contributed by atoms with E-state index < -0.39 is 0 Å². The molecular formula is C13H9BrClFS. The summed E-state index contributed by atoms with van der Waals surface area (Å²) in [6.45, 7) is 0. The Hall–Kier alpha value is -0.510. The highest BCUT2D eigenvalue weighted by Gasteiger charge is 2.01. The number of rotatable bonds is 3. The molecule has 0 aliphatic rings. The van der Waals surface area contributed by atoms with Crippen molar-refractivity contribution in [3.8, 4) is 0 Å². The largest absolute Gasteiger partial charge is 0.206 e. The van der Waals surface area contributed by atoms with Crippen molar-refractivity contribution in [2.75, 3.05) is 0 Å². The van der Waals surface area contributed by atoms with E-state index in [4.69, 9.17) is 11.6 Å². The Bertz CT molecular complexity index is 513. The molecule has 0 bridgehead atoms. The van der Waals surface area contributed by atoms with Crippen molar-refractivity contribution in [1.29, 1.82) is 0 Å². The van der Waals surface area contributed by atoms with Gasteiger partial charge in [0.15, 0.2) is 0 Å². The standard InChI is InChI=1S/C13H9BrClFS/c14-12-7-9(1-6-13(12)16)8-17-11-4-2-10(15)3-5-11/h1-7H,8H2. The molecular weight excluding hydrogens is 323 g/mol. The second-order valence-electron chi connectivity index (χ2n) is 3.49. The minimum absolute atomic E-state index is 0.231. The van der Waals surface area contributed by atoms with E-state index in [1.807, 2.05) is 24.3 Å². The zero-order chi connectivity index (χ0) is 12.3. The van der Waals surface area contributed by atoms with E-state index in [9.17, 15) is 4.39 Å². The normalized spacial score (nSPS) is 10.5. The van der Waals surface area contributed by atoms with Gasteiger partial charge in [-0.05, 0) is 57.9 Å². The van der Waals surface area contributed by atoms with E-state index in [1.165, 1.54) is 6.07 Å². The van der Waals surface area contributed by atoms with Gasteiger partial charge in [-0.25, -0.2) is 4.39 Å². The van der Waals surface area contributed by atoms with E-state index in [0.717, 1.165) is 21.2 Å². The summed E-state index contributed by atoms with van der Waals surface area (Å²) in [6.07, 6.45) is 0. The minimum atomic E-state index is -0.231. The predicted molar refractivity (Wildman–Crippen MR) is 75.1 cm³/mol. The van der Waals surface area contributed by atoms with Crippen LogP contribution < -0.4 is 0 Å².